The van der Waals surface area contributed by atoms with Crippen molar-refractivity contribution in [2.45, 2.75) is 12.1 Å². The number of carbonyl (C=O) groups excluding carboxylic acids is 3. The van der Waals surface area contributed by atoms with Gasteiger partial charge in [-0.1, -0.05) is 18.2 Å². The van der Waals surface area contributed by atoms with Gasteiger partial charge in [0.1, 0.15) is 12.1 Å². The van der Waals surface area contributed by atoms with Crippen LogP contribution in [0.1, 0.15) is 0 Å². The summed E-state index contributed by atoms with van der Waals surface area (Å²) in [6, 6.07) is 7.23. The highest BCUT2D eigenvalue weighted by atomic mass is 16.3. The second-order valence-electron chi connectivity index (χ2n) is 5.94. The minimum Gasteiger partial charge on any atom is -0.394 e. The molecule has 0 saturated carbocycles. The molecule has 0 aliphatic carbocycles. The maximum Gasteiger partial charge on any atom is 0.321 e. The number of hydrogen-bond donors (Lipinski definition) is 2. The molecule has 2 aliphatic rings. The van der Waals surface area contributed by atoms with E-state index in [0.29, 0.717) is 12.2 Å². The van der Waals surface area contributed by atoms with Crippen molar-refractivity contribution in [3.8, 4) is 0 Å². The molecule has 3 rings (SSSR count). The lowest BCUT2D eigenvalue weighted by molar-refractivity contribution is -0.164. The topological polar surface area (TPSA) is 93.2 Å². The Morgan fingerprint density at radius 2 is 1.92 bits per heavy atom. The Morgan fingerprint density at radius 3 is 2.58 bits per heavy atom. The number of hydrogen-bond acceptors (Lipinski definition) is 4. The predicted molar refractivity (Wildman–Crippen MR) is 86.2 cm³/mol. The Labute approximate surface area is 139 Å². The van der Waals surface area contributed by atoms with Crippen molar-refractivity contribution >= 4 is 23.5 Å². The Balaban J connectivity index is 1.70. The number of piperazine rings is 2. The average molecular weight is 332 g/mol. The molecule has 0 radical (unpaired) electrons. The molecule has 24 heavy (non-hydrogen) atoms. The number of nitrogens with zero attached hydrogens (tertiary/aromatic N) is 3. The maximum atomic E-state index is 12.5. The van der Waals surface area contributed by atoms with Gasteiger partial charge in [0.05, 0.1) is 13.2 Å². The third-order valence-corrected chi connectivity index (χ3v) is 4.53. The predicted octanol–water partition coefficient (Wildman–Crippen LogP) is -0.436. The Hall–Kier alpha value is -2.61. The zero-order chi connectivity index (χ0) is 17.3. The highest BCUT2D eigenvalue weighted by Crippen LogP contribution is 2.21. The van der Waals surface area contributed by atoms with Crippen LogP contribution in [-0.2, 0) is 9.59 Å². The van der Waals surface area contributed by atoms with E-state index in [4.69, 9.17) is 0 Å². The van der Waals surface area contributed by atoms with Gasteiger partial charge in [-0.25, -0.2) is 4.79 Å². The standard InChI is InChI=1S/C16H20N4O4/c1-18-13(10-21)15(23)20-8-7-19(9-12(20)14(18)22)16(24)17-11-5-3-2-4-6-11/h2-6,12-13,21H,7-10H2,1H3,(H,17,24)/t12-,13+/m1/s1. The van der Waals surface area contributed by atoms with Crippen molar-refractivity contribution in [2.24, 2.45) is 0 Å². The number of rotatable bonds is 2. The van der Waals surface area contributed by atoms with Crippen molar-refractivity contribution in [3.63, 3.8) is 0 Å². The highest BCUT2D eigenvalue weighted by molar-refractivity contribution is 5.98. The van der Waals surface area contributed by atoms with Crippen LogP contribution in [0.15, 0.2) is 30.3 Å². The largest absolute Gasteiger partial charge is 0.394 e. The third-order valence-electron chi connectivity index (χ3n) is 4.53. The van der Waals surface area contributed by atoms with Gasteiger partial charge in [-0.3, -0.25) is 9.59 Å². The van der Waals surface area contributed by atoms with Crippen LogP contribution >= 0.6 is 0 Å². The molecule has 0 unspecified atom stereocenters. The second kappa shape index (κ2) is 6.48. The van der Waals surface area contributed by atoms with Crippen molar-refractivity contribution in [1.82, 2.24) is 14.7 Å². The van der Waals surface area contributed by atoms with Crippen LogP contribution in [0.25, 0.3) is 0 Å². The number of urea groups is 1. The Bertz CT molecular complexity index is 651. The number of nitrogens with one attached hydrogen (secondary N) is 1. The third kappa shape index (κ3) is 2.80. The summed E-state index contributed by atoms with van der Waals surface area (Å²) in [5.74, 6) is -0.529. The van der Waals surface area contributed by atoms with Crippen molar-refractivity contribution in [3.05, 3.63) is 30.3 Å². The smallest absolute Gasteiger partial charge is 0.321 e. The van der Waals surface area contributed by atoms with E-state index in [2.05, 4.69) is 5.32 Å². The summed E-state index contributed by atoms with van der Waals surface area (Å²) >= 11 is 0. The molecule has 8 heteroatoms. The molecule has 2 heterocycles. The molecular weight excluding hydrogens is 312 g/mol. The molecule has 0 aromatic heterocycles. The first kappa shape index (κ1) is 16.3. The average Bonchev–Trinajstić information content (AvgIpc) is 2.60. The first-order valence-electron chi connectivity index (χ1n) is 7.82. The SMILES string of the molecule is CN1C(=O)[C@H]2CN(C(=O)Nc3ccccc3)CCN2C(=O)[C@@H]1CO. The van der Waals surface area contributed by atoms with Crippen LogP contribution in [0.2, 0.25) is 0 Å². The lowest BCUT2D eigenvalue weighted by Gasteiger charge is -2.47. The maximum absolute atomic E-state index is 12.5. The molecule has 2 aliphatic heterocycles. The minimum absolute atomic E-state index is 0.145. The number of para-hydroxylation sites is 1. The molecule has 2 atom stereocenters. The van der Waals surface area contributed by atoms with E-state index in [1.54, 1.807) is 12.1 Å². The van der Waals surface area contributed by atoms with Gasteiger partial charge >= 0.3 is 6.03 Å². The van der Waals surface area contributed by atoms with E-state index in [-0.39, 0.29) is 30.9 Å². The molecule has 0 bridgehead atoms. The van der Waals surface area contributed by atoms with Crippen molar-refractivity contribution in [2.75, 3.05) is 38.6 Å². The number of aliphatic hydroxyl groups excluding tert-OH is 1. The summed E-state index contributed by atoms with van der Waals surface area (Å²) in [7, 11) is 1.50. The number of amides is 4. The van der Waals surface area contributed by atoms with E-state index < -0.39 is 18.7 Å². The summed E-state index contributed by atoms with van der Waals surface area (Å²) in [6.07, 6.45) is 0. The van der Waals surface area contributed by atoms with E-state index >= 15 is 0 Å². The quantitative estimate of drug-likeness (QED) is 0.768. The zero-order valence-corrected chi connectivity index (χ0v) is 13.4. The molecule has 2 N–H and O–H groups in total. The number of likely N-dealkylation sites (N-methyl/N-ethyl adjacent to an activating group) is 1. The highest BCUT2D eigenvalue weighted by Gasteiger charge is 2.47. The lowest BCUT2D eigenvalue weighted by atomic mass is 10.0. The molecule has 1 aromatic rings. The summed E-state index contributed by atoms with van der Waals surface area (Å²) < 4.78 is 0. The summed E-state index contributed by atoms with van der Waals surface area (Å²) in [6.45, 7) is 0.367. The molecule has 2 fully saturated rings. The molecule has 4 amide bonds. The molecule has 1 aromatic carbocycles. The van der Waals surface area contributed by atoms with E-state index in [0.717, 1.165) is 0 Å². The van der Waals surface area contributed by atoms with Gasteiger partial charge in [-0.15, -0.1) is 0 Å². The molecule has 0 spiro atoms. The molecular formula is C16H20N4O4. The first-order chi connectivity index (χ1) is 11.5. The Morgan fingerprint density at radius 1 is 1.21 bits per heavy atom. The van der Waals surface area contributed by atoms with Gasteiger partial charge in [0.2, 0.25) is 11.8 Å². The van der Waals surface area contributed by atoms with Crippen LogP contribution < -0.4 is 5.32 Å². The van der Waals surface area contributed by atoms with Crippen LogP contribution in [0.5, 0.6) is 0 Å². The monoisotopic (exact) mass is 332 g/mol. The van der Waals surface area contributed by atoms with E-state index in [1.807, 2.05) is 18.2 Å². The van der Waals surface area contributed by atoms with Gasteiger partial charge in [-0.05, 0) is 12.1 Å². The summed E-state index contributed by atoms with van der Waals surface area (Å²) in [4.78, 5) is 41.5. The fraction of sp³-hybridized carbons (Fsp3) is 0.438. The van der Waals surface area contributed by atoms with Gasteiger partial charge in [0.25, 0.3) is 0 Å². The minimum atomic E-state index is -0.835. The first-order valence-corrected chi connectivity index (χ1v) is 7.82. The number of carbonyl (C=O) groups is 3. The van der Waals surface area contributed by atoms with Crippen LogP contribution in [0, 0.1) is 0 Å². The lowest BCUT2D eigenvalue weighted by Crippen LogP contribution is -2.70. The zero-order valence-electron chi connectivity index (χ0n) is 13.4. The fourth-order valence-electron chi connectivity index (χ4n) is 3.11. The number of aliphatic hydroxyl groups is 1. The number of benzene rings is 1. The summed E-state index contributed by atoms with van der Waals surface area (Å²) in [5, 5.41) is 12.1. The normalized spacial score (nSPS) is 24.0. The number of anilines is 1. The van der Waals surface area contributed by atoms with Crippen LogP contribution in [0.3, 0.4) is 0 Å². The van der Waals surface area contributed by atoms with Gasteiger partial charge in [0, 0.05) is 25.8 Å². The summed E-state index contributed by atoms with van der Waals surface area (Å²) in [5.41, 5.74) is 0.674. The van der Waals surface area contributed by atoms with Crippen LogP contribution in [-0.4, -0.2) is 83.0 Å². The van der Waals surface area contributed by atoms with E-state index in [1.165, 1.54) is 21.7 Å². The second-order valence-corrected chi connectivity index (χ2v) is 5.94. The van der Waals surface area contributed by atoms with Gasteiger partial charge < -0.3 is 25.1 Å². The Kier molecular flexibility index (Phi) is 4.39. The van der Waals surface area contributed by atoms with Gasteiger partial charge in [-0.2, -0.15) is 0 Å². The molecule has 2 saturated heterocycles. The molecule has 128 valence electrons. The van der Waals surface area contributed by atoms with Crippen molar-refractivity contribution in [1.29, 1.82) is 0 Å². The molecule has 8 nitrogen and oxygen atoms in total. The number of fused-ring (bicyclic) bond motifs is 1. The van der Waals surface area contributed by atoms with Crippen LogP contribution in [0.4, 0.5) is 10.5 Å². The van der Waals surface area contributed by atoms with Crippen molar-refractivity contribution < 1.29 is 19.5 Å². The fourth-order valence-corrected chi connectivity index (χ4v) is 3.11. The van der Waals surface area contributed by atoms with E-state index in [9.17, 15) is 19.5 Å². The van der Waals surface area contributed by atoms with Gasteiger partial charge in [0.15, 0.2) is 0 Å².